The Hall–Kier alpha value is -0.840. The molecule has 0 radical (unpaired) electrons. The van der Waals surface area contributed by atoms with Gasteiger partial charge in [-0.1, -0.05) is 13.8 Å². The summed E-state index contributed by atoms with van der Waals surface area (Å²) in [6, 6.07) is 0. The predicted octanol–water partition coefficient (Wildman–Crippen LogP) is 2.74. The van der Waals surface area contributed by atoms with Crippen molar-refractivity contribution in [1.82, 2.24) is 9.97 Å². The Kier molecular flexibility index (Phi) is 3.06. The van der Waals surface area contributed by atoms with E-state index in [4.69, 9.17) is 0 Å². The highest BCUT2D eigenvalue weighted by atomic mass is 79.9. The monoisotopic (exact) mass is 284 g/mol. The van der Waals surface area contributed by atoms with Crippen molar-refractivity contribution in [2.24, 2.45) is 11.3 Å². The number of rotatable bonds is 4. The minimum atomic E-state index is 0.498. The number of nitrogens with one attached hydrogen (secondary N) is 2. The van der Waals surface area contributed by atoms with Gasteiger partial charge < -0.3 is 10.6 Å². The van der Waals surface area contributed by atoms with Crippen molar-refractivity contribution in [3.63, 3.8) is 0 Å². The van der Waals surface area contributed by atoms with Gasteiger partial charge in [-0.15, -0.1) is 0 Å². The molecule has 0 saturated heterocycles. The minimum Gasteiger partial charge on any atom is -0.372 e. The second-order valence-corrected chi connectivity index (χ2v) is 5.70. The van der Waals surface area contributed by atoms with Crippen LogP contribution >= 0.6 is 15.9 Å². The van der Waals surface area contributed by atoms with Crippen LogP contribution in [-0.2, 0) is 0 Å². The van der Waals surface area contributed by atoms with Crippen LogP contribution in [0.5, 0.6) is 0 Å². The molecule has 0 aliphatic heterocycles. The van der Waals surface area contributed by atoms with Gasteiger partial charge in [-0.25, -0.2) is 9.97 Å². The lowest BCUT2D eigenvalue weighted by molar-refractivity contribution is 0.572. The lowest BCUT2D eigenvalue weighted by Gasteiger charge is -2.10. The van der Waals surface area contributed by atoms with E-state index in [0.29, 0.717) is 5.41 Å². The van der Waals surface area contributed by atoms with E-state index >= 15 is 0 Å². The Bertz CT molecular complexity index is 392. The van der Waals surface area contributed by atoms with Crippen molar-refractivity contribution < 1.29 is 0 Å². The van der Waals surface area contributed by atoms with Gasteiger partial charge in [0.1, 0.15) is 22.4 Å². The third-order valence-corrected chi connectivity index (χ3v) is 4.01. The molecule has 0 bridgehead atoms. The molecule has 2 rings (SSSR count). The van der Waals surface area contributed by atoms with E-state index in [1.807, 2.05) is 7.05 Å². The number of hydrogen-bond donors (Lipinski definition) is 2. The maximum absolute atomic E-state index is 4.23. The third-order valence-electron chi connectivity index (χ3n) is 3.26. The van der Waals surface area contributed by atoms with Gasteiger partial charge in [0.2, 0.25) is 0 Å². The first-order valence-corrected chi connectivity index (χ1v) is 6.26. The fourth-order valence-corrected chi connectivity index (χ4v) is 2.36. The molecule has 0 aromatic carbocycles. The van der Waals surface area contributed by atoms with Crippen molar-refractivity contribution >= 4 is 27.6 Å². The Morgan fingerprint density at radius 3 is 2.62 bits per heavy atom. The molecule has 2 N–H and O–H groups in total. The van der Waals surface area contributed by atoms with Gasteiger partial charge in [0, 0.05) is 13.6 Å². The van der Waals surface area contributed by atoms with E-state index in [1.165, 1.54) is 6.42 Å². The van der Waals surface area contributed by atoms with Crippen LogP contribution in [0.25, 0.3) is 0 Å². The molecule has 1 heterocycles. The third kappa shape index (κ3) is 2.29. The molecule has 1 aromatic heterocycles. The van der Waals surface area contributed by atoms with Crippen molar-refractivity contribution in [3.05, 3.63) is 10.8 Å². The summed E-state index contributed by atoms with van der Waals surface area (Å²) >= 11 is 3.49. The highest BCUT2D eigenvalue weighted by Gasteiger charge is 2.45. The van der Waals surface area contributed by atoms with Gasteiger partial charge in [-0.3, -0.25) is 0 Å². The Labute approximate surface area is 104 Å². The standard InChI is InChI=1S/C11H17BrN4/c1-11(2)4-7(11)5-14-10-8(12)9(13-3)15-6-16-10/h6-7H,4-5H2,1-3H3,(H2,13,14,15,16). The van der Waals surface area contributed by atoms with Crippen LogP contribution in [-0.4, -0.2) is 23.6 Å². The van der Waals surface area contributed by atoms with Crippen LogP contribution in [0, 0.1) is 11.3 Å². The second kappa shape index (κ2) is 4.20. The van der Waals surface area contributed by atoms with Crippen LogP contribution in [0.3, 0.4) is 0 Å². The average molecular weight is 285 g/mol. The average Bonchev–Trinajstić information content (AvgIpc) is 2.85. The molecule has 88 valence electrons. The highest BCUT2D eigenvalue weighted by molar-refractivity contribution is 9.10. The fraction of sp³-hybridized carbons (Fsp3) is 0.636. The summed E-state index contributed by atoms with van der Waals surface area (Å²) in [5, 5.41) is 6.38. The first-order valence-electron chi connectivity index (χ1n) is 5.46. The summed E-state index contributed by atoms with van der Waals surface area (Å²) in [5.74, 6) is 2.43. The molecule has 1 unspecified atom stereocenters. The van der Waals surface area contributed by atoms with E-state index in [2.05, 4.69) is 50.4 Å². The van der Waals surface area contributed by atoms with Gasteiger partial charge >= 0.3 is 0 Å². The fourth-order valence-electron chi connectivity index (χ4n) is 1.81. The molecule has 5 heteroatoms. The van der Waals surface area contributed by atoms with Gasteiger partial charge in [0.15, 0.2) is 0 Å². The summed E-state index contributed by atoms with van der Waals surface area (Å²) in [6.45, 7) is 5.58. The van der Waals surface area contributed by atoms with Gasteiger partial charge in [0.05, 0.1) is 0 Å². The van der Waals surface area contributed by atoms with Crippen molar-refractivity contribution in [3.8, 4) is 0 Å². The quantitative estimate of drug-likeness (QED) is 0.893. The predicted molar refractivity (Wildman–Crippen MR) is 69.7 cm³/mol. The summed E-state index contributed by atoms with van der Waals surface area (Å²) in [6.07, 6.45) is 2.86. The number of nitrogens with zero attached hydrogens (tertiary/aromatic N) is 2. The molecule has 1 saturated carbocycles. The van der Waals surface area contributed by atoms with E-state index in [-0.39, 0.29) is 0 Å². The zero-order valence-electron chi connectivity index (χ0n) is 9.84. The van der Waals surface area contributed by atoms with Gasteiger partial charge in [0.25, 0.3) is 0 Å². The highest BCUT2D eigenvalue weighted by Crippen LogP contribution is 2.51. The number of anilines is 2. The van der Waals surface area contributed by atoms with E-state index in [1.54, 1.807) is 6.33 Å². The minimum absolute atomic E-state index is 0.498. The molecule has 1 fully saturated rings. The van der Waals surface area contributed by atoms with Crippen molar-refractivity contribution in [2.75, 3.05) is 24.2 Å². The summed E-state index contributed by atoms with van der Waals surface area (Å²) in [4.78, 5) is 8.34. The van der Waals surface area contributed by atoms with Gasteiger partial charge in [-0.05, 0) is 33.7 Å². The largest absolute Gasteiger partial charge is 0.372 e. The topological polar surface area (TPSA) is 49.8 Å². The smallest absolute Gasteiger partial charge is 0.145 e. The number of halogens is 1. The number of hydrogen-bond acceptors (Lipinski definition) is 4. The lowest BCUT2D eigenvalue weighted by atomic mass is 10.1. The number of aromatic nitrogens is 2. The zero-order valence-corrected chi connectivity index (χ0v) is 11.4. The lowest BCUT2D eigenvalue weighted by Crippen LogP contribution is -2.10. The SMILES string of the molecule is CNc1ncnc(NCC2CC2(C)C)c1Br. The van der Waals surface area contributed by atoms with Crippen LogP contribution in [0.2, 0.25) is 0 Å². The molecule has 1 aliphatic carbocycles. The van der Waals surface area contributed by atoms with E-state index in [0.717, 1.165) is 28.6 Å². The first-order chi connectivity index (χ1) is 7.54. The Balaban J connectivity index is 1.99. The van der Waals surface area contributed by atoms with E-state index < -0.39 is 0 Å². The van der Waals surface area contributed by atoms with Crippen LogP contribution < -0.4 is 10.6 Å². The molecular formula is C11H17BrN4. The molecule has 0 amide bonds. The Morgan fingerprint density at radius 2 is 2.06 bits per heavy atom. The van der Waals surface area contributed by atoms with E-state index in [9.17, 15) is 0 Å². The second-order valence-electron chi connectivity index (χ2n) is 4.91. The molecule has 4 nitrogen and oxygen atoms in total. The normalized spacial score (nSPS) is 21.6. The zero-order chi connectivity index (χ0) is 11.8. The first kappa shape index (κ1) is 11.6. The van der Waals surface area contributed by atoms with Crippen LogP contribution in [0.15, 0.2) is 10.8 Å². The molecule has 1 aromatic rings. The molecule has 1 atom stereocenters. The maximum Gasteiger partial charge on any atom is 0.145 e. The van der Waals surface area contributed by atoms with Crippen molar-refractivity contribution in [2.45, 2.75) is 20.3 Å². The Morgan fingerprint density at radius 1 is 1.44 bits per heavy atom. The van der Waals surface area contributed by atoms with Crippen molar-refractivity contribution in [1.29, 1.82) is 0 Å². The van der Waals surface area contributed by atoms with Gasteiger partial charge in [-0.2, -0.15) is 0 Å². The van der Waals surface area contributed by atoms with Crippen LogP contribution in [0.1, 0.15) is 20.3 Å². The molecule has 0 spiro atoms. The van der Waals surface area contributed by atoms with Crippen LogP contribution in [0.4, 0.5) is 11.6 Å². The summed E-state index contributed by atoms with van der Waals surface area (Å²) in [7, 11) is 1.85. The maximum atomic E-state index is 4.23. The molecular weight excluding hydrogens is 268 g/mol. The molecule has 16 heavy (non-hydrogen) atoms. The summed E-state index contributed by atoms with van der Waals surface area (Å²) < 4.78 is 0.899. The summed E-state index contributed by atoms with van der Waals surface area (Å²) in [5.41, 5.74) is 0.498. The molecule has 1 aliphatic rings.